The van der Waals surface area contributed by atoms with Gasteiger partial charge in [-0.2, -0.15) is 0 Å². The van der Waals surface area contributed by atoms with Crippen molar-refractivity contribution in [2.75, 3.05) is 0 Å². The van der Waals surface area contributed by atoms with Gasteiger partial charge < -0.3 is 10.2 Å². The van der Waals surface area contributed by atoms with Crippen LogP contribution in [0.4, 0.5) is 0 Å². The van der Waals surface area contributed by atoms with Gasteiger partial charge in [0.05, 0.1) is 0 Å². The molecule has 0 fully saturated rings. The van der Waals surface area contributed by atoms with Crippen LogP contribution < -0.4 is 0 Å². The Balaban J connectivity index is 2.18. The lowest BCUT2D eigenvalue weighted by Gasteiger charge is -2.22. The van der Waals surface area contributed by atoms with Crippen molar-refractivity contribution in [3.05, 3.63) is 35.9 Å². The maximum Gasteiger partial charge on any atom is 0.189 e. The summed E-state index contributed by atoms with van der Waals surface area (Å²) in [6.07, 6.45) is 8.73. The molecule has 0 saturated carbocycles. The highest BCUT2D eigenvalue weighted by atomic mass is 16.5. The van der Waals surface area contributed by atoms with Crippen molar-refractivity contribution < 1.29 is 10.2 Å². The van der Waals surface area contributed by atoms with E-state index in [1.165, 1.54) is 32.1 Å². The smallest absolute Gasteiger partial charge is 0.189 e. The summed E-state index contributed by atoms with van der Waals surface area (Å²) in [5, 5.41) is 20.0. The Bertz CT molecular complexity index is 306. The molecular formula is C16H26O2. The molecule has 0 aliphatic carbocycles. The largest absolute Gasteiger partial charge is 0.362 e. The minimum absolute atomic E-state index is 0.421. The van der Waals surface area contributed by atoms with Crippen molar-refractivity contribution in [2.24, 2.45) is 0 Å². The minimum atomic E-state index is -1.66. The van der Waals surface area contributed by atoms with E-state index in [1.807, 2.05) is 18.2 Å². The van der Waals surface area contributed by atoms with Gasteiger partial charge in [0.25, 0.3) is 0 Å². The standard InChI is InChI=1S/C16H26O2/c1-2-3-4-5-6-7-11-14-16(17,18)15-12-9-8-10-13-15/h8-10,12-13,17-18H,2-7,11,14H2,1H3. The van der Waals surface area contributed by atoms with Crippen molar-refractivity contribution in [2.45, 2.75) is 64.1 Å². The van der Waals surface area contributed by atoms with Gasteiger partial charge in [-0.15, -0.1) is 0 Å². The summed E-state index contributed by atoms with van der Waals surface area (Å²) in [7, 11) is 0. The van der Waals surface area contributed by atoms with E-state index in [2.05, 4.69) is 6.92 Å². The first-order valence-corrected chi connectivity index (χ1v) is 7.17. The van der Waals surface area contributed by atoms with Crippen LogP contribution in [0.15, 0.2) is 30.3 Å². The van der Waals surface area contributed by atoms with Crippen LogP contribution in [-0.2, 0) is 5.79 Å². The molecule has 2 nitrogen and oxygen atoms in total. The zero-order valence-corrected chi connectivity index (χ0v) is 11.4. The maximum absolute atomic E-state index is 9.98. The molecule has 0 aromatic heterocycles. The molecule has 0 amide bonds. The fourth-order valence-electron chi connectivity index (χ4n) is 2.18. The van der Waals surface area contributed by atoms with E-state index in [-0.39, 0.29) is 0 Å². The van der Waals surface area contributed by atoms with Crippen molar-refractivity contribution in [1.82, 2.24) is 0 Å². The second kappa shape index (κ2) is 8.28. The SMILES string of the molecule is CCCCCCCCCC(O)(O)c1ccccc1. The van der Waals surface area contributed by atoms with Crippen LogP contribution >= 0.6 is 0 Å². The summed E-state index contributed by atoms with van der Waals surface area (Å²) in [4.78, 5) is 0. The van der Waals surface area contributed by atoms with E-state index in [0.717, 1.165) is 12.8 Å². The minimum Gasteiger partial charge on any atom is -0.362 e. The van der Waals surface area contributed by atoms with Gasteiger partial charge in [0.2, 0.25) is 0 Å². The quantitative estimate of drug-likeness (QED) is 0.514. The van der Waals surface area contributed by atoms with Crippen LogP contribution in [0.1, 0.15) is 63.9 Å². The molecular weight excluding hydrogens is 224 g/mol. The number of hydrogen-bond donors (Lipinski definition) is 2. The summed E-state index contributed by atoms with van der Waals surface area (Å²) >= 11 is 0. The lowest BCUT2D eigenvalue weighted by molar-refractivity contribution is -0.175. The molecule has 0 aliphatic heterocycles. The topological polar surface area (TPSA) is 40.5 Å². The number of aliphatic hydroxyl groups is 2. The van der Waals surface area contributed by atoms with Crippen molar-refractivity contribution in [3.63, 3.8) is 0 Å². The van der Waals surface area contributed by atoms with Gasteiger partial charge in [-0.05, 0) is 6.42 Å². The fourth-order valence-corrected chi connectivity index (χ4v) is 2.18. The molecule has 0 bridgehead atoms. The average molecular weight is 250 g/mol. The van der Waals surface area contributed by atoms with E-state index >= 15 is 0 Å². The van der Waals surface area contributed by atoms with Gasteiger partial charge in [-0.3, -0.25) is 0 Å². The number of hydrogen-bond acceptors (Lipinski definition) is 2. The van der Waals surface area contributed by atoms with Crippen molar-refractivity contribution in [3.8, 4) is 0 Å². The van der Waals surface area contributed by atoms with Crippen molar-refractivity contribution >= 4 is 0 Å². The molecule has 2 heteroatoms. The molecule has 2 N–H and O–H groups in total. The van der Waals surface area contributed by atoms with Gasteiger partial charge in [0.15, 0.2) is 5.79 Å². The third-order valence-electron chi connectivity index (χ3n) is 3.37. The predicted octanol–water partition coefficient (Wildman–Crippen LogP) is 3.96. The molecule has 1 aromatic rings. The predicted molar refractivity (Wildman–Crippen MR) is 75.2 cm³/mol. The monoisotopic (exact) mass is 250 g/mol. The van der Waals surface area contributed by atoms with Crippen molar-refractivity contribution in [1.29, 1.82) is 0 Å². The first-order valence-electron chi connectivity index (χ1n) is 7.17. The van der Waals surface area contributed by atoms with Crippen LogP contribution in [-0.4, -0.2) is 10.2 Å². The molecule has 0 aliphatic rings. The lowest BCUT2D eigenvalue weighted by Crippen LogP contribution is -2.24. The Kier molecular flexibility index (Phi) is 6.99. The van der Waals surface area contributed by atoms with Gasteiger partial charge in [-0.1, -0.05) is 75.8 Å². The molecule has 102 valence electrons. The van der Waals surface area contributed by atoms with E-state index in [4.69, 9.17) is 0 Å². The van der Waals surface area contributed by atoms with Gasteiger partial charge in [-0.25, -0.2) is 0 Å². The highest BCUT2D eigenvalue weighted by Gasteiger charge is 2.24. The normalized spacial score (nSPS) is 11.7. The first kappa shape index (κ1) is 15.2. The van der Waals surface area contributed by atoms with Crippen LogP contribution in [0.25, 0.3) is 0 Å². The Morgan fingerprint density at radius 1 is 0.833 bits per heavy atom. The maximum atomic E-state index is 9.98. The highest BCUT2D eigenvalue weighted by molar-refractivity contribution is 5.19. The Hall–Kier alpha value is -0.860. The van der Waals surface area contributed by atoms with Gasteiger partial charge in [0.1, 0.15) is 0 Å². The van der Waals surface area contributed by atoms with E-state index in [1.54, 1.807) is 12.1 Å². The molecule has 1 aromatic carbocycles. The van der Waals surface area contributed by atoms with Gasteiger partial charge >= 0.3 is 0 Å². The average Bonchev–Trinajstić information content (AvgIpc) is 2.39. The van der Waals surface area contributed by atoms with Gasteiger partial charge in [0, 0.05) is 12.0 Å². The lowest BCUT2D eigenvalue weighted by atomic mass is 9.98. The molecule has 0 heterocycles. The molecule has 1 rings (SSSR count). The summed E-state index contributed by atoms with van der Waals surface area (Å²) in [6, 6.07) is 9.08. The molecule has 0 saturated heterocycles. The van der Waals surface area contributed by atoms with Crippen LogP contribution in [0.3, 0.4) is 0 Å². The molecule has 18 heavy (non-hydrogen) atoms. The Morgan fingerprint density at radius 2 is 1.39 bits per heavy atom. The van der Waals surface area contributed by atoms with Crippen LogP contribution in [0, 0.1) is 0 Å². The number of unbranched alkanes of at least 4 members (excludes halogenated alkanes) is 6. The van der Waals surface area contributed by atoms with E-state index in [9.17, 15) is 10.2 Å². The summed E-state index contributed by atoms with van der Waals surface area (Å²) < 4.78 is 0. The van der Waals surface area contributed by atoms with E-state index < -0.39 is 5.79 Å². The summed E-state index contributed by atoms with van der Waals surface area (Å²) in [5.41, 5.74) is 0.594. The molecule has 0 spiro atoms. The van der Waals surface area contributed by atoms with E-state index in [0.29, 0.717) is 12.0 Å². The second-order valence-corrected chi connectivity index (χ2v) is 5.05. The number of rotatable bonds is 9. The third-order valence-corrected chi connectivity index (χ3v) is 3.37. The third kappa shape index (κ3) is 5.65. The summed E-state index contributed by atoms with van der Waals surface area (Å²) in [5.74, 6) is -1.66. The number of benzene rings is 1. The molecule has 0 atom stereocenters. The highest BCUT2D eigenvalue weighted by Crippen LogP contribution is 2.24. The Labute approximate surface area is 111 Å². The Morgan fingerprint density at radius 3 is 2.00 bits per heavy atom. The molecule has 0 unspecified atom stereocenters. The first-order chi connectivity index (χ1) is 8.67. The fraction of sp³-hybridized carbons (Fsp3) is 0.625. The molecule has 0 radical (unpaired) electrons. The van der Waals surface area contributed by atoms with Crippen LogP contribution in [0.5, 0.6) is 0 Å². The summed E-state index contributed by atoms with van der Waals surface area (Å²) in [6.45, 7) is 2.21. The van der Waals surface area contributed by atoms with Crippen LogP contribution in [0.2, 0.25) is 0 Å². The zero-order valence-electron chi connectivity index (χ0n) is 11.4. The second-order valence-electron chi connectivity index (χ2n) is 5.05. The zero-order chi connectivity index (χ0) is 13.3.